The molecular formula is C21H24N4O3. The van der Waals surface area contributed by atoms with Gasteiger partial charge in [0.1, 0.15) is 11.3 Å². The summed E-state index contributed by atoms with van der Waals surface area (Å²) in [6.07, 6.45) is 1.54. The number of benzene rings is 1. The average molecular weight is 380 g/mol. The molecule has 5 rings (SSSR count). The molecule has 0 saturated carbocycles. The Labute approximate surface area is 163 Å². The number of nitrogens with one attached hydrogen (secondary N) is 2. The molecule has 2 aliphatic heterocycles. The van der Waals surface area contributed by atoms with Gasteiger partial charge in [0.2, 0.25) is 0 Å². The van der Waals surface area contributed by atoms with Crippen LogP contribution in [0.5, 0.6) is 0 Å². The predicted octanol–water partition coefficient (Wildman–Crippen LogP) is 2.25. The summed E-state index contributed by atoms with van der Waals surface area (Å²) in [5.74, 6) is 1.78. The van der Waals surface area contributed by atoms with Crippen LogP contribution < -0.4 is 10.9 Å². The molecule has 0 spiro atoms. The molecule has 2 saturated heterocycles. The lowest BCUT2D eigenvalue weighted by atomic mass is 9.98. The van der Waals surface area contributed by atoms with Crippen molar-refractivity contribution in [3.8, 4) is 0 Å². The number of hydrogen-bond donors (Lipinski definition) is 2. The molecule has 28 heavy (non-hydrogen) atoms. The minimum Gasteiger partial charge on any atom is -0.459 e. The van der Waals surface area contributed by atoms with Gasteiger partial charge in [-0.3, -0.25) is 15.1 Å². The van der Waals surface area contributed by atoms with Gasteiger partial charge in [-0.05, 0) is 24.3 Å². The first-order chi connectivity index (χ1) is 13.8. The molecule has 2 fully saturated rings. The van der Waals surface area contributed by atoms with Crippen LogP contribution in [0.2, 0.25) is 0 Å². The number of carbonyl (C=O) groups excluding carboxylic acids is 1. The number of para-hydroxylation sites is 1. The van der Waals surface area contributed by atoms with Gasteiger partial charge >= 0.3 is 0 Å². The summed E-state index contributed by atoms with van der Waals surface area (Å²) in [6.45, 7) is 5.05. The maximum Gasteiger partial charge on any atom is 0.289 e. The summed E-state index contributed by atoms with van der Waals surface area (Å²) in [5, 5.41) is 1.13. The van der Waals surface area contributed by atoms with E-state index in [1.807, 2.05) is 23.1 Å². The molecule has 7 heteroatoms. The second-order valence-corrected chi connectivity index (χ2v) is 7.52. The van der Waals surface area contributed by atoms with E-state index >= 15 is 0 Å². The average Bonchev–Trinajstić information content (AvgIpc) is 3.47. The standard InChI is InChI=1S/C21H24N4O3/c26-21(18-6-3-11-27-18)25-9-7-24(8-10-25)14-16-13-22-23-20(16)19-12-15-4-1-2-5-17(15)28-19/h1-6,11-12,16,20,22-23H,7-10,13-14H2. The minimum atomic E-state index is -0.0194. The smallest absolute Gasteiger partial charge is 0.289 e. The van der Waals surface area contributed by atoms with Gasteiger partial charge in [0.25, 0.3) is 5.91 Å². The first-order valence-electron chi connectivity index (χ1n) is 9.80. The van der Waals surface area contributed by atoms with E-state index in [1.54, 1.807) is 18.4 Å². The quantitative estimate of drug-likeness (QED) is 0.723. The number of amides is 1. The van der Waals surface area contributed by atoms with Crippen molar-refractivity contribution in [1.82, 2.24) is 20.7 Å². The minimum absolute atomic E-state index is 0.0194. The third kappa shape index (κ3) is 3.32. The van der Waals surface area contributed by atoms with Gasteiger partial charge in [0, 0.05) is 50.6 Å². The maximum absolute atomic E-state index is 12.4. The molecule has 1 aromatic carbocycles. The zero-order valence-electron chi connectivity index (χ0n) is 15.6. The Morgan fingerprint density at radius 2 is 1.96 bits per heavy atom. The van der Waals surface area contributed by atoms with Crippen molar-refractivity contribution in [2.75, 3.05) is 39.3 Å². The fourth-order valence-corrected chi connectivity index (χ4v) is 4.19. The normalized spacial score (nSPS) is 23.5. The van der Waals surface area contributed by atoms with Crippen molar-refractivity contribution in [1.29, 1.82) is 0 Å². The largest absolute Gasteiger partial charge is 0.459 e. The fraction of sp³-hybridized carbons (Fsp3) is 0.381. The first-order valence-corrected chi connectivity index (χ1v) is 9.80. The monoisotopic (exact) mass is 380 g/mol. The van der Waals surface area contributed by atoms with Gasteiger partial charge in [-0.25, -0.2) is 5.43 Å². The highest BCUT2D eigenvalue weighted by Gasteiger charge is 2.33. The van der Waals surface area contributed by atoms with E-state index in [2.05, 4.69) is 27.9 Å². The summed E-state index contributed by atoms with van der Waals surface area (Å²) in [7, 11) is 0. The Hall–Kier alpha value is -2.61. The van der Waals surface area contributed by atoms with Crippen molar-refractivity contribution in [3.63, 3.8) is 0 Å². The Morgan fingerprint density at radius 1 is 1.11 bits per heavy atom. The molecule has 2 N–H and O–H groups in total. The van der Waals surface area contributed by atoms with Gasteiger partial charge in [-0.1, -0.05) is 18.2 Å². The van der Waals surface area contributed by atoms with Crippen LogP contribution in [0.15, 0.2) is 57.6 Å². The SMILES string of the molecule is O=C(c1ccco1)N1CCN(CC2CNNC2c2cc3ccccc3o2)CC1. The van der Waals surface area contributed by atoms with Crippen LogP contribution in [-0.2, 0) is 0 Å². The van der Waals surface area contributed by atoms with Crippen LogP contribution in [0.25, 0.3) is 11.0 Å². The molecule has 2 unspecified atom stereocenters. The molecule has 2 aromatic heterocycles. The van der Waals surface area contributed by atoms with E-state index < -0.39 is 0 Å². The highest BCUT2D eigenvalue weighted by Crippen LogP contribution is 2.30. The Kier molecular flexibility index (Phi) is 4.64. The van der Waals surface area contributed by atoms with Gasteiger partial charge in [-0.2, -0.15) is 0 Å². The summed E-state index contributed by atoms with van der Waals surface area (Å²) >= 11 is 0. The number of rotatable bonds is 4. The molecule has 7 nitrogen and oxygen atoms in total. The molecule has 4 heterocycles. The summed E-state index contributed by atoms with van der Waals surface area (Å²) in [6, 6.07) is 13.9. The molecule has 0 bridgehead atoms. The molecule has 2 atom stereocenters. The van der Waals surface area contributed by atoms with Gasteiger partial charge in [0.05, 0.1) is 12.3 Å². The maximum atomic E-state index is 12.4. The van der Waals surface area contributed by atoms with Gasteiger partial charge in [-0.15, -0.1) is 0 Å². The summed E-state index contributed by atoms with van der Waals surface area (Å²) < 4.78 is 11.3. The van der Waals surface area contributed by atoms with Gasteiger partial charge in [0.15, 0.2) is 5.76 Å². The van der Waals surface area contributed by atoms with Crippen molar-refractivity contribution in [3.05, 3.63) is 60.2 Å². The van der Waals surface area contributed by atoms with Crippen molar-refractivity contribution in [2.24, 2.45) is 5.92 Å². The number of carbonyl (C=O) groups is 1. The van der Waals surface area contributed by atoms with E-state index in [0.29, 0.717) is 11.7 Å². The second kappa shape index (κ2) is 7.43. The zero-order valence-corrected chi connectivity index (χ0v) is 15.6. The first kappa shape index (κ1) is 17.5. The number of piperazine rings is 1. The third-order valence-corrected chi connectivity index (χ3v) is 5.73. The van der Waals surface area contributed by atoms with Crippen LogP contribution in [0.1, 0.15) is 22.4 Å². The van der Waals surface area contributed by atoms with Crippen LogP contribution in [0.3, 0.4) is 0 Å². The molecule has 1 amide bonds. The second-order valence-electron chi connectivity index (χ2n) is 7.52. The summed E-state index contributed by atoms with van der Waals surface area (Å²) in [5.41, 5.74) is 7.58. The van der Waals surface area contributed by atoms with Crippen molar-refractivity contribution >= 4 is 16.9 Å². The van der Waals surface area contributed by atoms with Crippen LogP contribution in [0.4, 0.5) is 0 Å². The summed E-state index contributed by atoms with van der Waals surface area (Å²) in [4.78, 5) is 16.7. The topological polar surface area (TPSA) is 73.9 Å². The predicted molar refractivity (Wildman–Crippen MR) is 105 cm³/mol. The highest BCUT2D eigenvalue weighted by molar-refractivity contribution is 5.91. The van der Waals surface area contributed by atoms with E-state index in [9.17, 15) is 4.79 Å². The zero-order chi connectivity index (χ0) is 18.9. The van der Waals surface area contributed by atoms with Crippen molar-refractivity contribution < 1.29 is 13.6 Å². The van der Waals surface area contributed by atoms with E-state index in [1.165, 1.54) is 0 Å². The van der Waals surface area contributed by atoms with Crippen LogP contribution in [0, 0.1) is 5.92 Å². The third-order valence-electron chi connectivity index (χ3n) is 5.73. The van der Waals surface area contributed by atoms with Gasteiger partial charge < -0.3 is 13.7 Å². The Morgan fingerprint density at radius 3 is 2.75 bits per heavy atom. The number of hydrogen-bond acceptors (Lipinski definition) is 6. The lowest BCUT2D eigenvalue weighted by Crippen LogP contribution is -2.50. The molecule has 0 aliphatic carbocycles. The number of nitrogens with zero attached hydrogens (tertiary/aromatic N) is 2. The van der Waals surface area contributed by atoms with Crippen LogP contribution in [-0.4, -0.2) is 55.0 Å². The fourth-order valence-electron chi connectivity index (χ4n) is 4.19. The van der Waals surface area contributed by atoms with Crippen molar-refractivity contribution in [2.45, 2.75) is 6.04 Å². The number of furan rings is 2. The molecular weight excluding hydrogens is 356 g/mol. The Balaban J connectivity index is 1.21. The lowest BCUT2D eigenvalue weighted by molar-refractivity contribution is 0.0584. The van der Waals surface area contributed by atoms with Crippen LogP contribution >= 0.6 is 0 Å². The molecule has 146 valence electrons. The Bertz CT molecular complexity index is 911. The number of hydrazine groups is 1. The van der Waals surface area contributed by atoms with E-state index in [0.717, 1.165) is 56.0 Å². The molecule has 0 radical (unpaired) electrons. The van der Waals surface area contributed by atoms with E-state index in [-0.39, 0.29) is 11.9 Å². The number of fused-ring (bicyclic) bond motifs is 1. The highest BCUT2D eigenvalue weighted by atomic mass is 16.3. The molecule has 3 aromatic rings. The molecule has 2 aliphatic rings. The lowest BCUT2D eigenvalue weighted by Gasteiger charge is -2.36. The van der Waals surface area contributed by atoms with E-state index in [4.69, 9.17) is 8.83 Å².